The van der Waals surface area contributed by atoms with E-state index in [9.17, 15) is 4.79 Å². The highest BCUT2D eigenvalue weighted by Gasteiger charge is 2.05. The lowest BCUT2D eigenvalue weighted by Gasteiger charge is -2.06. The van der Waals surface area contributed by atoms with Crippen molar-refractivity contribution in [1.82, 2.24) is 0 Å². The van der Waals surface area contributed by atoms with Crippen LogP contribution in [0.4, 0.5) is 0 Å². The van der Waals surface area contributed by atoms with Gasteiger partial charge in [0.1, 0.15) is 6.29 Å². The fourth-order valence-electron chi connectivity index (χ4n) is 1.80. The van der Waals surface area contributed by atoms with Crippen molar-refractivity contribution in [2.45, 2.75) is 5.92 Å². The second-order valence-electron chi connectivity index (χ2n) is 3.89. The Morgan fingerprint density at radius 1 is 0.882 bits per heavy atom. The summed E-state index contributed by atoms with van der Waals surface area (Å²) in [6.45, 7) is 3.66. The highest BCUT2D eigenvalue weighted by Crippen LogP contribution is 2.22. The molecule has 0 heterocycles. The van der Waals surface area contributed by atoms with E-state index in [2.05, 4.69) is 18.7 Å². The standard InChI is InChI=1S/C16H14O/c1-2-13(12-17)15-8-10-16(11-9-15)14-6-4-3-5-7-14/h2-13H,1H2. The van der Waals surface area contributed by atoms with Crippen molar-refractivity contribution in [2.24, 2.45) is 0 Å². The van der Waals surface area contributed by atoms with Crippen LogP contribution in [0.5, 0.6) is 0 Å². The van der Waals surface area contributed by atoms with Crippen molar-refractivity contribution >= 4 is 6.29 Å². The molecule has 0 aliphatic carbocycles. The maximum absolute atomic E-state index is 10.8. The number of hydrogen-bond acceptors (Lipinski definition) is 1. The van der Waals surface area contributed by atoms with E-state index in [0.29, 0.717) is 0 Å². The zero-order valence-corrected chi connectivity index (χ0v) is 9.54. The van der Waals surface area contributed by atoms with Gasteiger partial charge in [-0.15, -0.1) is 6.58 Å². The molecule has 1 unspecified atom stereocenters. The molecule has 0 saturated heterocycles. The van der Waals surface area contributed by atoms with Gasteiger partial charge >= 0.3 is 0 Å². The summed E-state index contributed by atoms with van der Waals surface area (Å²) >= 11 is 0. The molecular formula is C16H14O. The molecule has 2 rings (SSSR count). The van der Waals surface area contributed by atoms with Gasteiger partial charge in [-0.2, -0.15) is 0 Å². The molecule has 1 nitrogen and oxygen atoms in total. The van der Waals surface area contributed by atoms with Crippen LogP contribution in [0.2, 0.25) is 0 Å². The van der Waals surface area contributed by atoms with Crippen molar-refractivity contribution in [3.8, 4) is 11.1 Å². The van der Waals surface area contributed by atoms with Gasteiger partial charge in [-0.1, -0.05) is 60.7 Å². The van der Waals surface area contributed by atoms with E-state index in [0.717, 1.165) is 17.4 Å². The summed E-state index contributed by atoms with van der Waals surface area (Å²) in [5.74, 6) is -0.208. The molecule has 0 aliphatic rings. The fraction of sp³-hybridized carbons (Fsp3) is 0.0625. The number of benzene rings is 2. The Balaban J connectivity index is 2.30. The minimum atomic E-state index is -0.208. The van der Waals surface area contributed by atoms with Crippen molar-refractivity contribution in [3.05, 3.63) is 72.8 Å². The number of carbonyl (C=O) groups excluding carboxylic acids is 1. The summed E-state index contributed by atoms with van der Waals surface area (Å²) in [6.07, 6.45) is 2.56. The molecule has 0 bridgehead atoms. The summed E-state index contributed by atoms with van der Waals surface area (Å²) in [5, 5.41) is 0. The Morgan fingerprint density at radius 3 is 2.00 bits per heavy atom. The molecule has 84 valence electrons. The average molecular weight is 222 g/mol. The third-order valence-electron chi connectivity index (χ3n) is 2.80. The number of carbonyl (C=O) groups is 1. The molecule has 0 fully saturated rings. The zero-order chi connectivity index (χ0) is 12.1. The quantitative estimate of drug-likeness (QED) is 0.567. The van der Waals surface area contributed by atoms with Crippen LogP contribution < -0.4 is 0 Å². The van der Waals surface area contributed by atoms with Crippen LogP contribution in [0.1, 0.15) is 11.5 Å². The highest BCUT2D eigenvalue weighted by molar-refractivity contribution is 5.68. The number of rotatable bonds is 4. The first kappa shape index (κ1) is 11.3. The van der Waals surface area contributed by atoms with E-state index in [-0.39, 0.29) is 5.92 Å². The highest BCUT2D eigenvalue weighted by atomic mass is 16.1. The second kappa shape index (κ2) is 5.26. The first-order chi connectivity index (χ1) is 8.35. The van der Waals surface area contributed by atoms with E-state index < -0.39 is 0 Å². The second-order valence-corrected chi connectivity index (χ2v) is 3.89. The number of hydrogen-bond donors (Lipinski definition) is 0. The van der Waals surface area contributed by atoms with Gasteiger partial charge in [-0.3, -0.25) is 0 Å². The largest absolute Gasteiger partial charge is 0.302 e. The van der Waals surface area contributed by atoms with Crippen molar-refractivity contribution in [3.63, 3.8) is 0 Å². The minimum absolute atomic E-state index is 0.208. The maximum atomic E-state index is 10.8. The third kappa shape index (κ3) is 2.51. The summed E-state index contributed by atoms with van der Waals surface area (Å²) in [4.78, 5) is 10.8. The molecule has 0 spiro atoms. The molecule has 0 saturated carbocycles. The summed E-state index contributed by atoms with van der Waals surface area (Å²) in [7, 11) is 0. The van der Waals surface area contributed by atoms with E-state index in [1.54, 1.807) is 6.08 Å². The van der Waals surface area contributed by atoms with Gasteiger partial charge in [0.05, 0.1) is 5.92 Å². The smallest absolute Gasteiger partial charge is 0.131 e. The van der Waals surface area contributed by atoms with Crippen LogP contribution in [-0.4, -0.2) is 6.29 Å². The Morgan fingerprint density at radius 2 is 1.47 bits per heavy atom. The van der Waals surface area contributed by atoms with E-state index in [4.69, 9.17) is 0 Å². The molecule has 2 aromatic rings. The molecule has 0 amide bonds. The van der Waals surface area contributed by atoms with Crippen molar-refractivity contribution < 1.29 is 4.79 Å². The Bertz CT molecular complexity index is 489. The van der Waals surface area contributed by atoms with Crippen LogP contribution in [0, 0.1) is 0 Å². The topological polar surface area (TPSA) is 17.1 Å². The predicted molar refractivity (Wildman–Crippen MR) is 70.9 cm³/mol. The van der Waals surface area contributed by atoms with Gasteiger partial charge in [-0.05, 0) is 16.7 Å². The Labute approximate surface area is 101 Å². The number of allylic oxidation sites excluding steroid dienone is 1. The van der Waals surface area contributed by atoms with E-state index >= 15 is 0 Å². The molecule has 0 radical (unpaired) electrons. The monoisotopic (exact) mass is 222 g/mol. The molecular weight excluding hydrogens is 208 g/mol. The van der Waals surface area contributed by atoms with Crippen LogP contribution in [0.25, 0.3) is 11.1 Å². The number of aldehydes is 1. The van der Waals surface area contributed by atoms with Crippen LogP contribution in [0.15, 0.2) is 67.3 Å². The van der Waals surface area contributed by atoms with Gasteiger partial charge in [0.15, 0.2) is 0 Å². The van der Waals surface area contributed by atoms with Crippen molar-refractivity contribution in [2.75, 3.05) is 0 Å². The molecule has 0 aliphatic heterocycles. The molecule has 1 heteroatoms. The van der Waals surface area contributed by atoms with E-state index in [1.165, 1.54) is 5.56 Å². The van der Waals surface area contributed by atoms with Crippen molar-refractivity contribution in [1.29, 1.82) is 0 Å². The molecule has 2 aromatic carbocycles. The van der Waals surface area contributed by atoms with E-state index in [1.807, 2.05) is 42.5 Å². The van der Waals surface area contributed by atoms with Gasteiger partial charge in [0, 0.05) is 0 Å². The third-order valence-corrected chi connectivity index (χ3v) is 2.80. The molecule has 17 heavy (non-hydrogen) atoms. The molecule has 1 atom stereocenters. The first-order valence-electron chi connectivity index (χ1n) is 5.58. The SMILES string of the molecule is C=CC(C=O)c1ccc(-c2ccccc2)cc1. The van der Waals surface area contributed by atoms with Crippen LogP contribution >= 0.6 is 0 Å². The summed E-state index contributed by atoms with van der Waals surface area (Å²) < 4.78 is 0. The van der Waals surface area contributed by atoms with Gasteiger partial charge in [0.2, 0.25) is 0 Å². The normalized spacial score (nSPS) is 11.8. The van der Waals surface area contributed by atoms with Crippen LogP contribution in [0.3, 0.4) is 0 Å². The maximum Gasteiger partial charge on any atom is 0.131 e. The summed E-state index contributed by atoms with van der Waals surface area (Å²) in [6, 6.07) is 18.2. The minimum Gasteiger partial charge on any atom is -0.302 e. The van der Waals surface area contributed by atoms with Gasteiger partial charge in [-0.25, -0.2) is 0 Å². The predicted octanol–water partition coefficient (Wildman–Crippen LogP) is 3.82. The Kier molecular flexibility index (Phi) is 3.51. The van der Waals surface area contributed by atoms with Crippen LogP contribution in [-0.2, 0) is 4.79 Å². The lowest BCUT2D eigenvalue weighted by molar-refractivity contribution is -0.108. The Hall–Kier alpha value is -2.15. The molecule has 0 aromatic heterocycles. The zero-order valence-electron chi connectivity index (χ0n) is 9.54. The first-order valence-corrected chi connectivity index (χ1v) is 5.58. The lowest BCUT2D eigenvalue weighted by Crippen LogP contribution is -1.95. The summed E-state index contributed by atoms with van der Waals surface area (Å²) in [5.41, 5.74) is 3.32. The molecule has 0 N–H and O–H groups in total. The lowest BCUT2D eigenvalue weighted by atomic mass is 9.97. The average Bonchev–Trinajstić information content (AvgIpc) is 2.42. The van der Waals surface area contributed by atoms with Gasteiger partial charge in [0.25, 0.3) is 0 Å². The fourth-order valence-corrected chi connectivity index (χ4v) is 1.80. The van der Waals surface area contributed by atoms with Gasteiger partial charge < -0.3 is 4.79 Å².